The molecule has 0 atom stereocenters. The highest BCUT2D eigenvalue weighted by atomic mass is 79.9. The van der Waals surface area contributed by atoms with Gasteiger partial charge in [-0.1, -0.05) is 41.9 Å². The van der Waals surface area contributed by atoms with Gasteiger partial charge in [0.1, 0.15) is 17.5 Å². The third-order valence-corrected chi connectivity index (χ3v) is 3.86. The highest BCUT2D eigenvalue weighted by molar-refractivity contribution is 9.10. The van der Waals surface area contributed by atoms with E-state index in [1.165, 1.54) is 5.56 Å². The second-order valence-corrected chi connectivity index (χ2v) is 6.47. The second-order valence-electron chi connectivity index (χ2n) is 5.56. The van der Waals surface area contributed by atoms with Crippen LogP contribution in [0.5, 0.6) is 0 Å². The number of nitrogen functional groups attached to an aromatic ring is 1. The van der Waals surface area contributed by atoms with Gasteiger partial charge in [0.25, 0.3) is 0 Å². The van der Waals surface area contributed by atoms with E-state index in [4.69, 9.17) is 5.73 Å². The molecule has 0 aliphatic rings. The molecule has 21 heavy (non-hydrogen) atoms. The quantitative estimate of drug-likeness (QED) is 0.910. The minimum Gasteiger partial charge on any atom is -0.383 e. The second kappa shape index (κ2) is 6.43. The predicted octanol–water partition coefficient (Wildman–Crippen LogP) is 3.89. The Kier molecular flexibility index (Phi) is 4.83. The first-order valence-corrected chi connectivity index (χ1v) is 7.77. The monoisotopic (exact) mass is 348 g/mol. The van der Waals surface area contributed by atoms with Gasteiger partial charge in [-0.05, 0) is 24.6 Å². The van der Waals surface area contributed by atoms with E-state index in [1.807, 2.05) is 26.1 Å². The number of nitrogens with two attached hydrogens (primary N) is 1. The zero-order valence-corrected chi connectivity index (χ0v) is 14.5. The van der Waals surface area contributed by atoms with Crippen LogP contribution in [0.15, 0.2) is 28.7 Å². The van der Waals surface area contributed by atoms with Crippen LogP contribution in [0, 0.1) is 6.92 Å². The predicted molar refractivity (Wildman–Crippen MR) is 91.5 cm³/mol. The number of benzene rings is 1. The molecule has 0 aliphatic heterocycles. The minimum atomic E-state index is 0.255. The van der Waals surface area contributed by atoms with Crippen molar-refractivity contribution < 1.29 is 0 Å². The van der Waals surface area contributed by atoms with Crippen LogP contribution >= 0.6 is 15.9 Å². The zero-order chi connectivity index (χ0) is 15.6. The molecule has 0 bridgehead atoms. The average Bonchev–Trinajstić information content (AvgIpc) is 2.41. The first kappa shape index (κ1) is 15.8. The molecule has 1 aromatic carbocycles. The van der Waals surface area contributed by atoms with Crippen molar-refractivity contribution >= 4 is 27.6 Å². The van der Waals surface area contributed by atoms with Gasteiger partial charge in [-0.3, -0.25) is 0 Å². The van der Waals surface area contributed by atoms with Crippen molar-refractivity contribution in [1.29, 1.82) is 0 Å². The Morgan fingerprint density at radius 2 is 2.00 bits per heavy atom. The minimum absolute atomic E-state index is 0.255. The summed E-state index contributed by atoms with van der Waals surface area (Å²) in [4.78, 5) is 11.2. The summed E-state index contributed by atoms with van der Waals surface area (Å²) in [5.74, 6) is 2.50. The molecule has 0 aliphatic carbocycles. The Balaban J connectivity index is 2.32. The summed E-state index contributed by atoms with van der Waals surface area (Å²) in [5, 5.41) is 0. The number of aromatic nitrogens is 2. The van der Waals surface area contributed by atoms with Crippen molar-refractivity contribution in [2.45, 2.75) is 33.2 Å². The summed E-state index contributed by atoms with van der Waals surface area (Å²) in [6.07, 6.45) is 0. The van der Waals surface area contributed by atoms with Crippen LogP contribution in [0.4, 0.5) is 11.6 Å². The fourth-order valence-corrected chi connectivity index (χ4v) is 2.60. The molecule has 0 saturated heterocycles. The number of halogens is 1. The molecule has 112 valence electrons. The Morgan fingerprint density at radius 3 is 2.62 bits per heavy atom. The topological polar surface area (TPSA) is 55.0 Å². The van der Waals surface area contributed by atoms with Crippen LogP contribution in [0.1, 0.15) is 36.7 Å². The smallest absolute Gasteiger partial charge is 0.137 e. The molecule has 0 unspecified atom stereocenters. The molecule has 4 nitrogen and oxygen atoms in total. The van der Waals surface area contributed by atoms with Crippen LogP contribution in [0.2, 0.25) is 0 Å². The molecule has 0 saturated carbocycles. The summed E-state index contributed by atoms with van der Waals surface area (Å²) in [6, 6.07) is 8.27. The zero-order valence-electron chi connectivity index (χ0n) is 12.9. The van der Waals surface area contributed by atoms with E-state index in [9.17, 15) is 0 Å². The van der Waals surface area contributed by atoms with Gasteiger partial charge < -0.3 is 10.6 Å². The largest absolute Gasteiger partial charge is 0.383 e. The summed E-state index contributed by atoms with van der Waals surface area (Å²) < 4.78 is 1.08. The lowest BCUT2D eigenvalue weighted by molar-refractivity contribution is 0.761. The molecular formula is C16H21BrN4. The maximum absolute atomic E-state index is 6.03. The summed E-state index contributed by atoms with van der Waals surface area (Å²) in [6.45, 7) is 6.88. The molecule has 0 amide bonds. The highest BCUT2D eigenvalue weighted by Crippen LogP contribution is 2.25. The van der Waals surface area contributed by atoms with Gasteiger partial charge >= 0.3 is 0 Å². The highest BCUT2D eigenvalue weighted by Gasteiger charge is 2.14. The lowest BCUT2D eigenvalue weighted by Crippen LogP contribution is -2.21. The van der Waals surface area contributed by atoms with Crippen molar-refractivity contribution in [3.8, 4) is 0 Å². The Morgan fingerprint density at radius 1 is 1.29 bits per heavy atom. The molecule has 5 heteroatoms. The number of hydrogen-bond acceptors (Lipinski definition) is 4. The lowest BCUT2D eigenvalue weighted by Gasteiger charge is -2.22. The molecule has 0 radical (unpaired) electrons. The average molecular weight is 349 g/mol. The summed E-state index contributed by atoms with van der Waals surface area (Å²) in [7, 11) is 2.03. The van der Waals surface area contributed by atoms with E-state index in [0.717, 1.165) is 28.2 Å². The van der Waals surface area contributed by atoms with Gasteiger partial charge in [-0.25, -0.2) is 9.97 Å². The van der Waals surface area contributed by atoms with Crippen LogP contribution < -0.4 is 10.6 Å². The van der Waals surface area contributed by atoms with Gasteiger partial charge in [0.15, 0.2) is 0 Å². The standard InChI is InChI=1S/C16H21BrN4/c1-10(2)15-19-14(18)11(3)16(20-15)21(4)9-12-6-5-7-13(17)8-12/h5-8,10H,9H2,1-4H3,(H2,18,19,20). The van der Waals surface area contributed by atoms with Gasteiger partial charge in [0.05, 0.1) is 0 Å². The first-order chi connectivity index (χ1) is 9.88. The van der Waals surface area contributed by atoms with Gasteiger partial charge in [-0.15, -0.1) is 0 Å². The third-order valence-electron chi connectivity index (χ3n) is 3.36. The van der Waals surface area contributed by atoms with E-state index >= 15 is 0 Å². The van der Waals surface area contributed by atoms with E-state index in [-0.39, 0.29) is 5.92 Å². The third kappa shape index (κ3) is 3.73. The van der Waals surface area contributed by atoms with Gasteiger partial charge in [0.2, 0.25) is 0 Å². The van der Waals surface area contributed by atoms with Crippen molar-refractivity contribution in [2.24, 2.45) is 0 Å². The first-order valence-electron chi connectivity index (χ1n) is 6.98. The van der Waals surface area contributed by atoms with E-state index < -0.39 is 0 Å². The fourth-order valence-electron chi connectivity index (χ4n) is 2.15. The van der Waals surface area contributed by atoms with Crippen LogP contribution in [0.25, 0.3) is 0 Å². The van der Waals surface area contributed by atoms with Crippen molar-refractivity contribution in [2.75, 3.05) is 17.7 Å². The Hall–Kier alpha value is -1.62. The van der Waals surface area contributed by atoms with Gasteiger partial charge in [-0.2, -0.15) is 0 Å². The molecule has 1 heterocycles. The molecule has 2 N–H and O–H groups in total. The van der Waals surface area contributed by atoms with Gasteiger partial charge in [0, 0.05) is 29.5 Å². The molecule has 0 spiro atoms. The lowest BCUT2D eigenvalue weighted by atomic mass is 10.2. The summed E-state index contributed by atoms with van der Waals surface area (Å²) >= 11 is 3.50. The molecule has 2 aromatic rings. The van der Waals surface area contributed by atoms with Crippen LogP contribution in [-0.2, 0) is 6.54 Å². The fraction of sp³-hybridized carbons (Fsp3) is 0.375. The number of hydrogen-bond donors (Lipinski definition) is 1. The SMILES string of the molecule is Cc1c(N)nc(C(C)C)nc1N(C)Cc1cccc(Br)c1. The normalized spacial score (nSPS) is 11.0. The van der Waals surface area contributed by atoms with E-state index in [1.54, 1.807) is 0 Å². The van der Waals surface area contributed by atoms with Crippen molar-refractivity contribution in [3.63, 3.8) is 0 Å². The Bertz CT molecular complexity index is 640. The molecule has 2 rings (SSSR count). The van der Waals surface area contributed by atoms with Crippen molar-refractivity contribution in [3.05, 3.63) is 45.7 Å². The van der Waals surface area contributed by atoms with E-state index in [0.29, 0.717) is 5.82 Å². The van der Waals surface area contributed by atoms with E-state index in [2.05, 4.69) is 56.8 Å². The Labute approximate surface area is 134 Å². The summed E-state index contributed by atoms with van der Waals surface area (Å²) in [5.41, 5.74) is 8.17. The maximum Gasteiger partial charge on any atom is 0.137 e. The number of rotatable bonds is 4. The maximum atomic E-state index is 6.03. The number of anilines is 2. The van der Waals surface area contributed by atoms with Crippen molar-refractivity contribution in [1.82, 2.24) is 9.97 Å². The molecule has 1 aromatic heterocycles. The number of nitrogens with zero attached hydrogens (tertiary/aromatic N) is 3. The molecule has 0 fully saturated rings. The van der Waals surface area contributed by atoms with Crippen LogP contribution in [-0.4, -0.2) is 17.0 Å². The van der Waals surface area contributed by atoms with Crippen LogP contribution in [0.3, 0.4) is 0 Å². The molecular weight excluding hydrogens is 328 g/mol.